The number of hydrogen-bond acceptors (Lipinski definition) is 7. The van der Waals surface area contributed by atoms with Gasteiger partial charge in [0.2, 0.25) is 0 Å². The Bertz CT molecular complexity index is 598. The van der Waals surface area contributed by atoms with Crippen LogP contribution in [0.4, 0.5) is 16.6 Å². The van der Waals surface area contributed by atoms with Crippen LogP contribution in [0.5, 0.6) is 0 Å². The summed E-state index contributed by atoms with van der Waals surface area (Å²) in [6.07, 6.45) is 2.52. The molecule has 0 bridgehead atoms. The maximum absolute atomic E-state index is 11.8. The van der Waals surface area contributed by atoms with E-state index in [0.717, 1.165) is 12.3 Å². The number of aromatic nitrogens is 2. The van der Waals surface area contributed by atoms with Gasteiger partial charge in [0.1, 0.15) is 12.0 Å². The van der Waals surface area contributed by atoms with Crippen molar-refractivity contribution in [2.75, 3.05) is 11.1 Å². The number of nitrogen functional groups attached to an aromatic ring is 1. The number of nitro groups is 1. The van der Waals surface area contributed by atoms with E-state index in [4.69, 9.17) is 5.73 Å². The van der Waals surface area contributed by atoms with E-state index < -0.39 is 10.8 Å². The second-order valence-corrected chi connectivity index (χ2v) is 4.07. The molecule has 0 radical (unpaired) electrons. The monoisotopic (exact) mass is 265 g/mol. The van der Waals surface area contributed by atoms with E-state index in [-0.39, 0.29) is 17.1 Å². The van der Waals surface area contributed by atoms with Crippen molar-refractivity contribution >= 4 is 33.9 Å². The number of amides is 1. The van der Waals surface area contributed by atoms with Gasteiger partial charge in [0, 0.05) is 17.6 Å². The van der Waals surface area contributed by atoms with Crippen LogP contribution in [0.2, 0.25) is 0 Å². The topological polar surface area (TPSA) is 124 Å². The molecule has 0 spiro atoms. The minimum Gasteiger partial charge on any atom is -0.383 e. The third-order valence-electron chi connectivity index (χ3n) is 2.01. The molecule has 0 atom stereocenters. The quantitative estimate of drug-likeness (QED) is 0.636. The van der Waals surface area contributed by atoms with Crippen molar-refractivity contribution < 1.29 is 9.72 Å². The molecule has 1 amide bonds. The van der Waals surface area contributed by atoms with Crippen LogP contribution in [-0.2, 0) is 0 Å². The van der Waals surface area contributed by atoms with Crippen molar-refractivity contribution in [2.24, 2.45) is 0 Å². The average Bonchev–Trinajstić information content (AvgIpc) is 2.81. The molecule has 0 unspecified atom stereocenters. The Morgan fingerprint density at radius 3 is 2.89 bits per heavy atom. The summed E-state index contributed by atoms with van der Waals surface area (Å²) in [5.41, 5.74) is 5.15. The zero-order chi connectivity index (χ0) is 13.1. The third kappa shape index (κ3) is 2.40. The normalized spacial score (nSPS) is 10.0. The van der Waals surface area contributed by atoms with Gasteiger partial charge in [-0.05, 0) is 0 Å². The summed E-state index contributed by atoms with van der Waals surface area (Å²) < 4.78 is 0. The first kappa shape index (κ1) is 11.9. The van der Waals surface area contributed by atoms with Crippen molar-refractivity contribution in [3.05, 3.63) is 39.5 Å². The number of nitrogens with zero attached hydrogens (tertiary/aromatic N) is 3. The number of nitrogens with one attached hydrogen (secondary N) is 1. The van der Waals surface area contributed by atoms with E-state index in [2.05, 4.69) is 15.3 Å². The maximum Gasteiger partial charge on any atom is 0.288 e. The molecule has 0 aliphatic heterocycles. The molecule has 0 aliphatic carbocycles. The zero-order valence-corrected chi connectivity index (χ0v) is 9.68. The van der Waals surface area contributed by atoms with Gasteiger partial charge in [0.05, 0.1) is 10.5 Å². The Labute approximate surface area is 105 Å². The molecule has 3 N–H and O–H groups in total. The maximum atomic E-state index is 11.8. The second-order valence-electron chi connectivity index (χ2n) is 3.17. The molecule has 0 saturated heterocycles. The summed E-state index contributed by atoms with van der Waals surface area (Å²) in [5, 5.41) is 15.1. The van der Waals surface area contributed by atoms with Gasteiger partial charge in [0.15, 0.2) is 5.13 Å². The van der Waals surface area contributed by atoms with E-state index in [1.165, 1.54) is 17.5 Å². The summed E-state index contributed by atoms with van der Waals surface area (Å²) in [6, 6.07) is 1.07. The van der Waals surface area contributed by atoms with Gasteiger partial charge < -0.3 is 5.73 Å². The molecule has 2 heterocycles. The van der Waals surface area contributed by atoms with Crippen LogP contribution < -0.4 is 11.1 Å². The standard InChI is InChI=1S/C9H7N5O3S/c10-7-6(3-5(4-12-7)14(16)17)8(15)13-9-11-1-2-18-9/h1-4H,(H2,10,12)(H,11,13,15). The van der Waals surface area contributed by atoms with Crippen molar-refractivity contribution in [3.63, 3.8) is 0 Å². The first-order valence-electron chi connectivity index (χ1n) is 4.68. The molecule has 8 nitrogen and oxygen atoms in total. The van der Waals surface area contributed by atoms with Crippen molar-refractivity contribution in [1.82, 2.24) is 9.97 Å². The molecule has 2 aromatic heterocycles. The van der Waals surface area contributed by atoms with Gasteiger partial charge in [-0.25, -0.2) is 9.97 Å². The van der Waals surface area contributed by atoms with Gasteiger partial charge in [-0.1, -0.05) is 0 Å². The van der Waals surface area contributed by atoms with Crippen LogP contribution >= 0.6 is 11.3 Å². The van der Waals surface area contributed by atoms with Crippen molar-refractivity contribution in [1.29, 1.82) is 0 Å². The lowest BCUT2D eigenvalue weighted by molar-refractivity contribution is -0.385. The Hall–Kier alpha value is -2.55. The summed E-state index contributed by atoms with van der Waals surface area (Å²) >= 11 is 1.22. The number of thiazole rings is 1. The highest BCUT2D eigenvalue weighted by Gasteiger charge is 2.17. The number of rotatable bonds is 3. The first-order chi connectivity index (χ1) is 8.58. The Balaban J connectivity index is 2.29. The molecular formula is C9H7N5O3S. The summed E-state index contributed by atoms with van der Waals surface area (Å²) in [6.45, 7) is 0. The summed E-state index contributed by atoms with van der Waals surface area (Å²) in [5.74, 6) is -0.659. The molecule has 0 aliphatic rings. The van der Waals surface area contributed by atoms with Gasteiger partial charge >= 0.3 is 0 Å². The van der Waals surface area contributed by atoms with Crippen LogP contribution in [0.15, 0.2) is 23.8 Å². The molecule has 0 aromatic carbocycles. The summed E-state index contributed by atoms with van der Waals surface area (Å²) in [7, 11) is 0. The largest absolute Gasteiger partial charge is 0.383 e. The van der Waals surface area contributed by atoms with E-state index in [9.17, 15) is 14.9 Å². The molecule has 0 saturated carbocycles. The Morgan fingerprint density at radius 1 is 1.50 bits per heavy atom. The highest BCUT2D eigenvalue weighted by atomic mass is 32.1. The van der Waals surface area contributed by atoms with Crippen molar-refractivity contribution in [2.45, 2.75) is 0 Å². The minimum absolute atomic E-state index is 0.0561. The number of nitrogens with two attached hydrogens (primary N) is 1. The second kappa shape index (κ2) is 4.75. The van der Waals surface area contributed by atoms with E-state index in [1.54, 1.807) is 5.38 Å². The fourth-order valence-electron chi connectivity index (χ4n) is 1.20. The molecule has 2 rings (SSSR count). The highest BCUT2D eigenvalue weighted by molar-refractivity contribution is 7.13. The van der Waals surface area contributed by atoms with Crippen molar-refractivity contribution in [3.8, 4) is 0 Å². The molecule has 18 heavy (non-hydrogen) atoms. The first-order valence-corrected chi connectivity index (χ1v) is 5.56. The SMILES string of the molecule is Nc1ncc([N+](=O)[O-])cc1C(=O)Nc1nccs1. The van der Waals surface area contributed by atoms with Crippen LogP contribution in [0.1, 0.15) is 10.4 Å². The lowest BCUT2D eigenvalue weighted by Crippen LogP contribution is -2.15. The van der Waals surface area contributed by atoms with E-state index in [0.29, 0.717) is 5.13 Å². The number of anilines is 2. The van der Waals surface area contributed by atoms with Crippen LogP contribution in [0.25, 0.3) is 0 Å². The lowest BCUT2D eigenvalue weighted by atomic mass is 10.2. The van der Waals surface area contributed by atoms with Crippen LogP contribution in [0.3, 0.4) is 0 Å². The molecule has 9 heteroatoms. The number of pyridine rings is 1. The van der Waals surface area contributed by atoms with Gasteiger partial charge in [0.25, 0.3) is 11.6 Å². The van der Waals surface area contributed by atoms with E-state index >= 15 is 0 Å². The minimum atomic E-state index is -0.646. The number of hydrogen-bond donors (Lipinski definition) is 2. The lowest BCUT2D eigenvalue weighted by Gasteiger charge is -2.03. The summed E-state index contributed by atoms with van der Waals surface area (Å²) in [4.78, 5) is 29.2. The molecule has 92 valence electrons. The number of carbonyl (C=O) groups is 1. The smallest absolute Gasteiger partial charge is 0.288 e. The fraction of sp³-hybridized carbons (Fsp3) is 0. The predicted octanol–water partition coefficient (Wildman–Crippen LogP) is 1.28. The van der Waals surface area contributed by atoms with E-state index in [1.807, 2.05) is 0 Å². The number of carbonyl (C=O) groups excluding carboxylic acids is 1. The Kier molecular flexibility index (Phi) is 3.15. The van der Waals surface area contributed by atoms with Crippen LogP contribution in [-0.4, -0.2) is 20.8 Å². The highest BCUT2D eigenvalue weighted by Crippen LogP contribution is 2.19. The van der Waals surface area contributed by atoms with Gasteiger partial charge in [-0.15, -0.1) is 11.3 Å². The molecular weight excluding hydrogens is 258 g/mol. The van der Waals surface area contributed by atoms with Gasteiger partial charge in [-0.2, -0.15) is 0 Å². The Morgan fingerprint density at radius 2 is 2.28 bits per heavy atom. The van der Waals surface area contributed by atoms with Gasteiger partial charge in [-0.3, -0.25) is 20.2 Å². The molecule has 0 fully saturated rings. The molecule has 2 aromatic rings. The fourth-order valence-corrected chi connectivity index (χ4v) is 1.72. The predicted molar refractivity (Wildman–Crippen MR) is 65.4 cm³/mol. The zero-order valence-electron chi connectivity index (χ0n) is 8.86. The van der Waals surface area contributed by atoms with Crippen LogP contribution in [0, 0.1) is 10.1 Å². The average molecular weight is 265 g/mol. The third-order valence-corrected chi connectivity index (χ3v) is 2.70.